The van der Waals surface area contributed by atoms with Gasteiger partial charge in [-0.05, 0) is 19.3 Å². The van der Waals surface area contributed by atoms with Gasteiger partial charge in [-0.2, -0.15) is 0 Å². The number of aromatic carboxylic acids is 1. The van der Waals surface area contributed by atoms with E-state index in [2.05, 4.69) is 4.98 Å². The lowest BCUT2D eigenvalue weighted by atomic mass is 10.1. The monoisotopic (exact) mass is 237 g/mol. The fourth-order valence-electron chi connectivity index (χ4n) is 1.96. The molecule has 0 aromatic carbocycles. The molecule has 1 aromatic rings. The largest absolute Gasteiger partial charge is 0.476 e. The number of carboxylic acids is 1. The van der Waals surface area contributed by atoms with E-state index in [0.29, 0.717) is 0 Å². The minimum Gasteiger partial charge on any atom is -0.476 e. The SMILES string of the molecule is O=C(O)c1cn(CC(=O)N2CCCCC2)cn1. The van der Waals surface area contributed by atoms with E-state index in [-0.39, 0.29) is 18.1 Å². The molecular formula is C11H15N3O3. The van der Waals surface area contributed by atoms with E-state index in [9.17, 15) is 9.59 Å². The van der Waals surface area contributed by atoms with E-state index in [1.165, 1.54) is 23.5 Å². The summed E-state index contributed by atoms with van der Waals surface area (Å²) in [5, 5.41) is 8.71. The van der Waals surface area contributed by atoms with Crippen LogP contribution in [0.25, 0.3) is 0 Å². The second-order valence-corrected chi connectivity index (χ2v) is 4.18. The molecule has 2 rings (SSSR count). The molecule has 0 bridgehead atoms. The molecule has 1 N–H and O–H groups in total. The van der Waals surface area contributed by atoms with Crippen LogP contribution in [0.15, 0.2) is 12.5 Å². The molecule has 0 unspecified atom stereocenters. The number of rotatable bonds is 3. The van der Waals surface area contributed by atoms with E-state index in [1.54, 1.807) is 0 Å². The first kappa shape index (κ1) is 11.6. The summed E-state index contributed by atoms with van der Waals surface area (Å²) in [7, 11) is 0. The molecule has 0 aliphatic carbocycles. The van der Waals surface area contributed by atoms with E-state index < -0.39 is 5.97 Å². The van der Waals surface area contributed by atoms with Crippen LogP contribution in [0, 0.1) is 0 Å². The van der Waals surface area contributed by atoms with Gasteiger partial charge in [-0.15, -0.1) is 0 Å². The number of hydrogen-bond acceptors (Lipinski definition) is 3. The third-order valence-corrected chi connectivity index (χ3v) is 2.88. The molecule has 1 saturated heterocycles. The first-order valence-electron chi connectivity index (χ1n) is 5.69. The molecule has 1 aromatic heterocycles. The van der Waals surface area contributed by atoms with Gasteiger partial charge in [0.15, 0.2) is 5.69 Å². The van der Waals surface area contributed by atoms with Crippen LogP contribution in [0.4, 0.5) is 0 Å². The van der Waals surface area contributed by atoms with Gasteiger partial charge in [0.1, 0.15) is 6.54 Å². The van der Waals surface area contributed by atoms with Gasteiger partial charge in [-0.3, -0.25) is 4.79 Å². The predicted octanol–water partition coefficient (Wildman–Crippen LogP) is 0.594. The third-order valence-electron chi connectivity index (χ3n) is 2.88. The summed E-state index contributed by atoms with van der Waals surface area (Å²) in [6, 6.07) is 0. The number of carboxylic acid groups (broad SMARTS) is 1. The van der Waals surface area contributed by atoms with Crippen LogP contribution in [0.3, 0.4) is 0 Å². The van der Waals surface area contributed by atoms with Crippen LogP contribution in [-0.2, 0) is 11.3 Å². The van der Waals surface area contributed by atoms with Crippen LogP contribution in [0.5, 0.6) is 0 Å². The fraction of sp³-hybridized carbons (Fsp3) is 0.545. The zero-order valence-electron chi connectivity index (χ0n) is 9.50. The Hall–Kier alpha value is -1.85. The predicted molar refractivity (Wildman–Crippen MR) is 59.6 cm³/mol. The van der Waals surface area contributed by atoms with Crippen molar-refractivity contribution in [3.63, 3.8) is 0 Å². The zero-order chi connectivity index (χ0) is 12.3. The number of likely N-dealkylation sites (tertiary alicyclic amines) is 1. The number of nitrogens with zero attached hydrogens (tertiary/aromatic N) is 3. The minimum atomic E-state index is -1.07. The molecule has 0 spiro atoms. The summed E-state index contributed by atoms with van der Waals surface area (Å²) in [4.78, 5) is 28.0. The van der Waals surface area contributed by atoms with Gasteiger partial charge in [0, 0.05) is 19.3 Å². The second kappa shape index (κ2) is 4.99. The Balaban J connectivity index is 1.94. The summed E-state index contributed by atoms with van der Waals surface area (Å²) < 4.78 is 1.51. The molecular weight excluding hydrogens is 222 g/mol. The molecule has 2 heterocycles. The maximum absolute atomic E-state index is 11.9. The van der Waals surface area contributed by atoms with Crippen molar-refractivity contribution >= 4 is 11.9 Å². The Morgan fingerprint density at radius 1 is 1.29 bits per heavy atom. The number of amides is 1. The van der Waals surface area contributed by atoms with Crippen molar-refractivity contribution in [2.75, 3.05) is 13.1 Å². The van der Waals surface area contributed by atoms with Crippen molar-refractivity contribution in [3.05, 3.63) is 18.2 Å². The zero-order valence-corrected chi connectivity index (χ0v) is 9.50. The summed E-state index contributed by atoms with van der Waals surface area (Å²) in [6.07, 6.45) is 6.04. The second-order valence-electron chi connectivity index (χ2n) is 4.18. The Morgan fingerprint density at radius 2 is 2.00 bits per heavy atom. The van der Waals surface area contributed by atoms with Gasteiger partial charge in [-0.25, -0.2) is 9.78 Å². The summed E-state index contributed by atoms with van der Waals surface area (Å²) in [6.45, 7) is 1.78. The van der Waals surface area contributed by atoms with Crippen molar-refractivity contribution in [2.45, 2.75) is 25.8 Å². The Labute approximate surface area is 98.9 Å². The molecule has 0 atom stereocenters. The maximum atomic E-state index is 11.9. The lowest BCUT2D eigenvalue weighted by Gasteiger charge is -2.26. The molecule has 1 fully saturated rings. The highest BCUT2D eigenvalue weighted by atomic mass is 16.4. The Kier molecular flexibility index (Phi) is 3.41. The maximum Gasteiger partial charge on any atom is 0.356 e. The van der Waals surface area contributed by atoms with Crippen LogP contribution in [-0.4, -0.2) is 44.5 Å². The van der Waals surface area contributed by atoms with Gasteiger partial charge < -0.3 is 14.6 Å². The summed E-state index contributed by atoms with van der Waals surface area (Å²) >= 11 is 0. The highest BCUT2D eigenvalue weighted by molar-refractivity contribution is 5.85. The van der Waals surface area contributed by atoms with Crippen LogP contribution in [0.1, 0.15) is 29.8 Å². The van der Waals surface area contributed by atoms with Crippen LogP contribution < -0.4 is 0 Å². The van der Waals surface area contributed by atoms with Crippen molar-refractivity contribution < 1.29 is 14.7 Å². The number of hydrogen-bond donors (Lipinski definition) is 1. The lowest BCUT2D eigenvalue weighted by Crippen LogP contribution is -2.37. The van der Waals surface area contributed by atoms with E-state index in [1.807, 2.05) is 4.90 Å². The standard InChI is InChI=1S/C11H15N3O3/c15-10(14-4-2-1-3-5-14)7-13-6-9(11(16)17)12-8-13/h6,8H,1-5,7H2,(H,16,17). The minimum absolute atomic E-state index is 0.0269. The van der Waals surface area contributed by atoms with Gasteiger partial charge in [-0.1, -0.05) is 0 Å². The molecule has 1 aliphatic heterocycles. The van der Waals surface area contributed by atoms with Crippen molar-refractivity contribution in [2.24, 2.45) is 0 Å². The summed E-state index contributed by atoms with van der Waals surface area (Å²) in [5.74, 6) is -1.05. The number of imidazole rings is 1. The molecule has 0 saturated carbocycles. The van der Waals surface area contributed by atoms with Gasteiger partial charge in [0.05, 0.1) is 6.33 Å². The molecule has 1 amide bonds. The molecule has 92 valence electrons. The smallest absolute Gasteiger partial charge is 0.356 e. The number of piperidine rings is 1. The lowest BCUT2D eigenvalue weighted by molar-refractivity contribution is -0.132. The quantitative estimate of drug-likeness (QED) is 0.835. The molecule has 6 heteroatoms. The van der Waals surface area contributed by atoms with Gasteiger partial charge >= 0.3 is 5.97 Å². The number of carbonyl (C=O) groups excluding carboxylic acids is 1. The molecule has 6 nitrogen and oxygen atoms in total. The highest BCUT2D eigenvalue weighted by Gasteiger charge is 2.17. The fourth-order valence-corrected chi connectivity index (χ4v) is 1.96. The summed E-state index contributed by atoms with van der Waals surface area (Å²) in [5.41, 5.74) is -0.0311. The highest BCUT2D eigenvalue weighted by Crippen LogP contribution is 2.09. The number of carbonyl (C=O) groups is 2. The van der Waals surface area contributed by atoms with E-state index >= 15 is 0 Å². The normalized spacial score (nSPS) is 15.9. The molecule has 17 heavy (non-hydrogen) atoms. The van der Waals surface area contributed by atoms with Gasteiger partial charge in [0.25, 0.3) is 0 Å². The van der Waals surface area contributed by atoms with E-state index in [0.717, 1.165) is 25.9 Å². The first-order chi connectivity index (χ1) is 8.16. The average molecular weight is 237 g/mol. The van der Waals surface area contributed by atoms with Crippen molar-refractivity contribution in [3.8, 4) is 0 Å². The van der Waals surface area contributed by atoms with Gasteiger partial charge in [0.2, 0.25) is 5.91 Å². The topological polar surface area (TPSA) is 75.4 Å². The van der Waals surface area contributed by atoms with E-state index in [4.69, 9.17) is 5.11 Å². The molecule has 0 radical (unpaired) electrons. The average Bonchev–Trinajstić information content (AvgIpc) is 2.79. The molecule has 1 aliphatic rings. The van der Waals surface area contributed by atoms with Crippen molar-refractivity contribution in [1.82, 2.24) is 14.5 Å². The van der Waals surface area contributed by atoms with Crippen molar-refractivity contribution in [1.29, 1.82) is 0 Å². The first-order valence-corrected chi connectivity index (χ1v) is 5.69. The third kappa shape index (κ3) is 2.83. The Bertz CT molecular complexity index is 421. The Morgan fingerprint density at radius 3 is 2.59 bits per heavy atom. The van der Waals surface area contributed by atoms with Crippen LogP contribution >= 0.6 is 0 Å². The number of aromatic nitrogens is 2. The van der Waals surface area contributed by atoms with Crippen LogP contribution in [0.2, 0.25) is 0 Å².